The summed E-state index contributed by atoms with van der Waals surface area (Å²) < 4.78 is 80.7. The molecule has 3 atom stereocenters. The topological polar surface area (TPSA) is 84.9 Å². The third-order valence-corrected chi connectivity index (χ3v) is 3.67. The molecule has 0 fully saturated rings. The summed E-state index contributed by atoms with van der Waals surface area (Å²) in [6.07, 6.45) is -8.62. The van der Waals surface area contributed by atoms with Crippen LogP contribution in [0.15, 0.2) is 0 Å². The van der Waals surface area contributed by atoms with E-state index in [1.54, 1.807) is 0 Å². The Labute approximate surface area is 98.5 Å². The number of alkyl halides is 3. The maximum Gasteiger partial charge on any atom is 0.441 e. The van der Waals surface area contributed by atoms with E-state index in [9.17, 15) is 26.5 Å². The summed E-state index contributed by atoms with van der Waals surface area (Å²) in [5.74, 6) is 0. The molecule has 0 amide bonds. The molecule has 0 rings (SSSR count). The molecule has 3 unspecified atom stereocenters. The second kappa shape index (κ2) is 6.81. The summed E-state index contributed by atoms with van der Waals surface area (Å²) in [5.41, 5.74) is 0. The molecule has 0 heterocycles. The minimum Gasteiger partial charge on any atom is -0.750 e. The van der Waals surface area contributed by atoms with E-state index in [0.29, 0.717) is 0 Å². The van der Waals surface area contributed by atoms with Gasteiger partial charge in [-0.3, -0.25) is 13.3 Å². The maximum atomic E-state index is 12.3. The van der Waals surface area contributed by atoms with Crippen molar-refractivity contribution >= 4 is 19.0 Å². The van der Waals surface area contributed by atoms with Crippen molar-refractivity contribution in [2.75, 3.05) is 12.8 Å². The monoisotopic (exact) mass is 299 g/mol. The van der Waals surface area contributed by atoms with Crippen LogP contribution in [-0.2, 0) is 29.2 Å². The van der Waals surface area contributed by atoms with Crippen molar-refractivity contribution in [2.24, 2.45) is 0 Å². The van der Waals surface area contributed by atoms with E-state index in [4.69, 9.17) is 0 Å². The van der Waals surface area contributed by atoms with Crippen molar-refractivity contribution in [3.05, 3.63) is 0 Å². The zero-order chi connectivity index (χ0) is 13.7. The molecule has 0 aliphatic heterocycles. The molecule has 0 spiro atoms. The van der Waals surface area contributed by atoms with Crippen molar-refractivity contribution < 1.29 is 39.7 Å². The summed E-state index contributed by atoms with van der Waals surface area (Å²) in [5, 5.41) is 0. The molecule has 17 heavy (non-hydrogen) atoms. The molecule has 0 aromatic heterocycles. The molecule has 0 aromatic carbocycles. The van der Waals surface area contributed by atoms with Gasteiger partial charge in [0.1, 0.15) is 0 Å². The number of halogens is 3. The minimum absolute atomic E-state index is 0.143. The van der Waals surface area contributed by atoms with Crippen LogP contribution in [0.2, 0.25) is 0 Å². The van der Waals surface area contributed by atoms with Crippen molar-refractivity contribution in [1.29, 1.82) is 0 Å². The molecule has 0 aliphatic carbocycles. The molecular weight excluding hydrogens is 288 g/mol. The van der Waals surface area contributed by atoms with E-state index in [-0.39, 0.29) is 12.8 Å². The lowest BCUT2D eigenvalue weighted by atomic mass is 10.6. The van der Waals surface area contributed by atoms with Crippen LogP contribution in [0.5, 0.6) is 0 Å². The van der Waals surface area contributed by atoms with Gasteiger partial charge >= 0.3 is 13.8 Å². The Kier molecular flexibility index (Phi) is 6.82. The van der Waals surface area contributed by atoms with Gasteiger partial charge in [0.2, 0.25) is 0 Å². The molecule has 0 aromatic rings. The quantitative estimate of drug-likeness (QED) is 0.406. The lowest BCUT2D eigenvalue weighted by Gasteiger charge is -2.25. The van der Waals surface area contributed by atoms with E-state index in [1.165, 1.54) is 13.8 Å². The summed E-state index contributed by atoms with van der Waals surface area (Å²) in [7, 11) is -4.03. The highest BCUT2D eigenvalue weighted by atomic mass is 32.2. The van der Waals surface area contributed by atoms with Gasteiger partial charge < -0.3 is 9.08 Å². The molecule has 104 valence electrons. The van der Waals surface area contributed by atoms with Gasteiger partial charge in [0.25, 0.3) is 6.29 Å². The van der Waals surface area contributed by atoms with Gasteiger partial charge in [0, 0.05) is 6.16 Å². The fourth-order valence-electron chi connectivity index (χ4n) is 0.742. The fraction of sp³-hybridized carbons (Fsp3) is 1.00. The highest BCUT2D eigenvalue weighted by Gasteiger charge is 2.46. The zero-order valence-corrected chi connectivity index (χ0v) is 10.6. The molecule has 11 heteroatoms. The van der Waals surface area contributed by atoms with Gasteiger partial charge in [-0.15, -0.1) is 0 Å². The van der Waals surface area contributed by atoms with Crippen LogP contribution in [0.25, 0.3) is 0 Å². The van der Waals surface area contributed by atoms with Gasteiger partial charge in [-0.1, -0.05) is 6.92 Å². The standard InChI is InChI=1S/C6H12F3O6PS/c1-3-13-16(10,4-2)14-5(6(7,8)9)15-17(11)12/h5H,3-4H2,1-2H3,(H,11,12)/p-1. The maximum absolute atomic E-state index is 12.3. The fourth-order valence-corrected chi connectivity index (χ4v) is 2.33. The van der Waals surface area contributed by atoms with Crippen molar-refractivity contribution in [3.63, 3.8) is 0 Å². The van der Waals surface area contributed by atoms with E-state index in [1.807, 2.05) is 0 Å². The second-order valence-electron chi connectivity index (χ2n) is 2.62. The first-order valence-corrected chi connectivity index (χ1v) is 7.12. The molecule has 0 radical (unpaired) electrons. The molecular formula is C6H11F3O6PS-. The number of hydrogen-bond acceptors (Lipinski definition) is 6. The highest BCUT2D eigenvalue weighted by Crippen LogP contribution is 2.50. The van der Waals surface area contributed by atoms with Crippen LogP contribution in [0.4, 0.5) is 13.2 Å². The Hall–Kier alpha value is 0.01000. The van der Waals surface area contributed by atoms with Crippen molar-refractivity contribution in [2.45, 2.75) is 26.3 Å². The third kappa shape index (κ3) is 6.49. The Balaban J connectivity index is 4.84. The van der Waals surface area contributed by atoms with E-state index in [0.717, 1.165) is 0 Å². The van der Waals surface area contributed by atoms with Gasteiger partial charge in [-0.05, 0) is 6.92 Å². The van der Waals surface area contributed by atoms with E-state index in [2.05, 4.69) is 13.2 Å². The first kappa shape index (κ1) is 17.0. The highest BCUT2D eigenvalue weighted by molar-refractivity contribution is 7.74. The van der Waals surface area contributed by atoms with Crippen LogP contribution in [0.3, 0.4) is 0 Å². The Bertz CT molecular complexity index is 309. The van der Waals surface area contributed by atoms with Gasteiger partial charge in [-0.25, -0.2) is 4.21 Å². The van der Waals surface area contributed by atoms with Gasteiger partial charge in [0.05, 0.1) is 18.0 Å². The third-order valence-electron chi connectivity index (χ3n) is 1.40. The summed E-state index contributed by atoms with van der Waals surface area (Å²) in [6.45, 7) is 2.54. The first-order valence-electron chi connectivity index (χ1n) is 4.39. The smallest absolute Gasteiger partial charge is 0.441 e. The van der Waals surface area contributed by atoms with Crippen LogP contribution < -0.4 is 0 Å². The van der Waals surface area contributed by atoms with Crippen LogP contribution in [-0.4, -0.2) is 34.0 Å². The predicted molar refractivity (Wildman–Crippen MR) is 50.7 cm³/mol. The summed E-state index contributed by atoms with van der Waals surface area (Å²) in [4.78, 5) is 0. The Morgan fingerprint density at radius 3 is 2.24 bits per heavy atom. The first-order chi connectivity index (χ1) is 7.64. The average Bonchev–Trinajstić information content (AvgIpc) is 2.15. The Morgan fingerprint density at radius 1 is 1.41 bits per heavy atom. The molecule has 6 nitrogen and oxygen atoms in total. The SMILES string of the molecule is CCOP(=O)(CC)OC(OS(=O)[O-])C(F)(F)F. The molecule has 0 aliphatic rings. The summed E-state index contributed by atoms with van der Waals surface area (Å²) >= 11 is -3.45. The van der Waals surface area contributed by atoms with Gasteiger partial charge in [0.15, 0.2) is 0 Å². The molecule has 0 bridgehead atoms. The number of hydrogen-bond donors (Lipinski definition) is 0. The predicted octanol–water partition coefficient (Wildman–Crippen LogP) is 1.95. The van der Waals surface area contributed by atoms with Crippen molar-refractivity contribution in [1.82, 2.24) is 0 Å². The van der Waals surface area contributed by atoms with E-state index < -0.39 is 31.4 Å². The lowest BCUT2D eigenvalue weighted by Crippen LogP contribution is -2.34. The number of rotatable bonds is 7. The van der Waals surface area contributed by atoms with Crippen LogP contribution in [0, 0.1) is 0 Å². The van der Waals surface area contributed by atoms with Crippen molar-refractivity contribution in [3.8, 4) is 0 Å². The van der Waals surface area contributed by atoms with Crippen LogP contribution >= 0.6 is 7.60 Å². The average molecular weight is 299 g/mol. The minimum atomic E-state index is -5.14. The Morgan fingerprint density at radius 2 is 1.94 bits per heavy atom. The largest absolute Gasteiger partial charge is 0.750 e. The second-order valence-corrected chi connectivity index (χ2v) is 5.55. The van der Waals surface area contributed by atoms with E-state index >= 15 is 0 Å². The molecule has 0 saturated carbocycles. The molecule has 0 saturated heterocycles. The summed E-state index contributed by atoms with van der Waals surface area (Å²) in [6, 6.07) is 0. The van der Waals surface area contributed by atoms with Gasteiger partial charge in [-0.2, -0.15) is 13.2 Å². The zero-order valence-electron chi connectivity index (χ0n) is 8.93. The molecule has 0 N–H and O–H groups in total. The normalized spacial score (nSPS) is 19.6. The van der Waals surface area contributed by atoms with Crippen LogP contribution in [0.1, 0.15) is 13.8 Å². The lowest BCUT2D eigenvalue weighted by molar-refractivity contribution is -0.255.